The number of benzene rings is 1. The van der Waals surface area contributed by atoms with Gasteiger partial charge in [0.15, 0.2) is 0 Å². The number of ether oxygens (including phenoxy) is 1. The van der Waals surface area contributed by atoms with Gasteiger partial charge in [0, 0.05) is 6.04 Å². The third-order valence-corrected chi connectivity index (χ3v) is 4.47. The maximum absolute atomic E-state index is 13.3. The smallest absolute Gasteiger partial charge is 0.410 e. The summed E-state index contributed by atoms with van der Waals surface area (Å²) < 4.78 is 44.8. The lowest BCUT2D eigenvalue weighted by Crippen LogP contribution is -2.32. The normalized spacial score (nSPS) is 17.8. The Labute approximate surface area is 141 Å². The third kappa shape index (κ3) is 4.14. The summed E-state index contributed by atoms with van der Waals surface area (Å²) in [4.78, 5) is 23.5. The van der Waals surface area contributed by atoms with Crippen LogP contribution in [-0.4, -0.2) is 23.9 Å². The van der Waals surface area contributed by atoms with Gasteiger partial charge in [-0.05, 0) is 44.0 Å². The number of thioether (sulfide) groups is 1. The van der Waals surface area contributed by atoms with Crippen molar-refractivity contribution in [1.29, 1.82) is 0 Å². The Hall–Kier alpha value is -1.90. The van der Waals surface area contributed by atoms with Gasteiger partial charge in [0.05, 0.1) is 11.4 Å². The lowest BCUT2D eigenvalue weighted by Gasteiger charge is -2.19. The predicted molar refractivity (Wildman–Crippen MR) is 83.8 cm³/mol. The number of nitrogens with one attached hydrogen (secondary N) is 2. The van der Waals surface area contributed by atoms with Crippen molar-refractivity contribution in [2.24, 2.45) is 0 Å². The minimum absolute atomic E-state index is 0.0475. The maximum Gasteiger partial charge on any atom is 0.416 e. The molecule has 0 spiro atoms. The van der Waals surface area contributed by atoms with Crippen molar-refractivity contribution in [3.8, 4) is 5.75 Å². The highest BCUT2D eigenvalue weighted by Crippen LogP contribution is 2.42. The fourth-order valence-corrected chi connectivity index (χ4v) is 3.35. The molecule has 1 unspecified atom stereocenters. The molecule has 2 amide bonds. The Morgan fingerprint density at radius 1 is 1.42 bits per heavy atom. The molecule has 1 aliphatic heterocycles. The van der Waals surface area contributed by atoms with Crippen molar-refractivity contribution in [2.45, 2.75) is 38.2 Å². The van der Waals surface area contributed by atoms with Crippen LogP contribution >= 0.6 is 11.8 Å². The predicted octanol–water partition coefficient (Wildman–Crippen LogP) is 3.37. The second-order valence-electron chi connectivity index (χ2n) is 5.60. The highest BCUT2D eigenvalue weighted by atomic mass is 32.2. The summed E-state index contributed by atoms with van der Waals surface area (Å²) >= 11 is 1.19. The molecule has 0 aromatic heterocycles. The first-order valence-corrected chi connectivity index (χ1v) is 8.24. The van der Waals surface area contributed by atoms with Crippen LogP contribution in [0.3, 0.4) is 0 Å². The van der Waals surface area contributed by atoms with Gasteiger partial charge >= 0.3 is 12.3 Å². The summed E-state index contributed by atoms with van der Waals surface area (Å²) in [5, 5.41) is 4.24. The van der Waals surface area contributed by atoms with Crippen LogP contribution in [0.5, 0.6) is 5.75 Å². The van der Waals surface area contributed by atoms with Gasteiger partial charge in [0.1, 0.15) is 11.0 Å². The highest BCUT2D eigenvalue weighted by Gasteiger charge is 2.37. The van der Waals surface area contributed by atoms with Crippen LogP contribution in [0, 0.1) is 6.92 Å². The molecule has 2 rings (SSSR count). The van der Waals surface area contributed by atoms with Gasteiger partial charge in [0.25, 0.3) is 0 Å². The zero-order chi connectivity index (χ0) is 18.1. The Kier molecular flexibility index (Phi) is 5.32. The molecule has 0 bridgehead atoms. The fraction of sp³-hybridized carbons (Fsp3) is 0.467. The van der Waals surface area contributed by atoms with Crippen molar-refractivity contribution in [2.75, 3.05) is 5.88 Å². The number of carbonyl (C=O) groups excluding carboxylic acids is 2. The van der Waals surface area contributed by atoms with Crippen molar-refractivity contribution in [3.63, 3.8) is 0 Å². The number of alkyl halides is 3. The molecule has 0 aliphatic carbocycles. The van der Waals surface area contributed by atoms with E-state index >= 15 is 0 Å². The molecule has 1 heterocycles. The van der Waals surface area contributed by atoms with E-state index in [0.717, 1.165) is 6.07 Å². The molecule has 1 aromatic carbocycles. The number of amides is 2. The SMILES string of the molecule is Cc1c(C2SCNC2=O)cc(OC(=O)NC(C)C)cc1C(F)(F)F. The minimum atomic E-state index is -4.62. The van der Waals surface area contributed by atoms with Gasteiger partial charge in [-0.15, -0.1) is 11.8 Å². The second-order valence-corrected chi connectivity index (χ2v) is 6.70. The molecule has 1 aromatic rings. The molecule has 1 saturated heterocycles. The average molecular weight is 362 g/mol. The Morgan fingerprint density at radius 3 is 2.58 bits per heavy atom. The van der Waals surface area contributed by atoms with E-state index in [1.165, 1.54) is 24.8 Å². The number of hydrogen-bond acceptors (Lipinski definition) is 4. The zero-order valence-electron chi connectivity index (χ0n) is 13.3. The van der Waals surface area contributed by atoms with Crippen LogP contribution in [0.15, 0.2) is 12.1 Å². The first-order chi connectivity index (χ1) is 11.1. The van der Waals surface area contributed by atoms with Gasteiger partial charge in [-0.2, -0.15) is 13.2 Å². The number of carbonyl (C=O) groups is 2. The molecular formula is C15H17F3N2O3S. The molecule has 132 valence electrons. The Bertz CT molecular complexity index is 662. The van der Waals surface area contributed by atoms with Crippen LogP contribution < -0.4 is 15.4 Å². The summed E-state index contributed by atoms with van der Waals surface area (Å²) in [5.74, 6) is -0.287. The van der Waals surface area contributed by atoms with Gasteiger partial charge in [-0.1, -0.05) is 0 Å². The standard InChI is InChI=1S/C15H17F3N2O3S/c1-7(2)20-14(22)23-9-4-10(12-13(21)19-6-24-12)8(3)11(5-9)15(16,17)18/h4-5,7,12H,6H2,1-3H3,(H,19,21)(H,20,22). The van der Waals surface area contributed by atoms with Crippen LogP contribution in [0.4, 0.5) is 18.0 Å². The number of rotatable bonds is 3. The van der Waals surface area contributed by atoms with Crippen molar-refractivity contribution in [3.05, 3.63) is 28.8 Å². The molecule has 24 heavy (non-hydrogen) atoms. The van der Waals surface area contributed by atoms with E-state index in [1.54, 1.807) is 13.8 Å². The molecule has 0 radical (unpaired) electrons. The maximum atomic E-state index is 13.3. The van der Waals surface area contributed by atoms with Crippen LogP contribution in [-0.2, 0) is 11.0 Å². The quantitative estimate of drug-likeness (QED) is 0.865. The van der Waals surface area contributed by atoms with Crippen molar-refractivity contribution in [1.82, 2.24) is 10.6 Å². The molecule has 1 aliphatic rings. The lowest BCUT2D eigenvalue weighted by atomic mass is 9.98. The molecule has 1 fully saturated rings. The van der Waals surface area contributed by atoms with E-state index in [1.807, 2.05) is 0 Å². The van der Waals surface area contributed by atoms with Crippen molar-refractivity contribution < 1.29 is 27.5 Å². The summed E-state index contributed by atoms with van der Waals surface area (Å²) in [6.07, 6.45) is -5.47. The first kappa shape index (κ1) is 18.4. The zero-order valence-corrected chi connectivity index (χ0v) is 14.1. The van der Waals surface area contributed by atoms with Crippen LogP contribution in [0.2, 0.25) is 0 Å². The van der Waals surface area contributed by atoms with Gasteiger partial charge < -0.3 is 15.4 Å². The van der Waals surface area contributed by atoms with E-state index in [-0.39, 0.29) is 28.8 Å². The Morgan fingerprint density at radius 2 is 2.08 bits per heavy atom. The molecule has 2 N–H and O–H groups in total. The van der Waals surface area contributed by atoms with E-state index in [2.05, 4.69) is 10.6 Å². The Balaban J connectivity index is 2.44. The summed E-state index contributed by atoms with van der Waals surface area (Å²) in [5.41, 5.74) is -0.779. The molecule has 5 nitrogen and oxygen atoms in total. The molecule has 1 atom stereocenters. The third-order valence-electron chi connectivity index (χ3n) is 3.36. The summed E-state index contributed by atoms with van der Waals surface area (Å²) in [6.45, 7) is 4.70. The van der Waals surface area contributed by atoms with E-state index in [9.17, 15) is 22.8 Å². The van der Waals surface area contributed by atoms with Crippen molar-refractivity contribution >= 4 is 23.8 Å². The molecule has 9 heteroatoms. The topological polar surface area (TPSA) is 67.4 Å². The molecular weight excluding hydrogens is 345 g/mol. The summed E-state index contributed by atoms with van der Waals surface area (Å²) in [6, 6.07) is 1.87. The van der Waals surface area contributed by atoms with Gasteiger partial charge in [-0.3, -0.25) is 4.79 Å². The fourth-order valence-electron chi connectivity index (χ4n) is 2.30. The van der Waals surface area contributed by atoms with Gasteiger partial charge in [0.2, 0.25) is 5.91 Å². The van der Waals surface area contributed by atoms with E-state index in [4.69, 9.17) is 4.74 Å². The monoisotopic (exact) mass is 362 g/mol. The number of halogens is 3. The van der Waals surface area contributed by atoms with E-state index < -0.39 is 23.1 Å². The first-order valence-electron chi connectivity index (χ1n) is 7.19. The largest absolute Gasteiger partial charge is 0.416 e. The highest BCUT2D eigenvalue weighted by molar-refractivity contribution is 8.00. The second kappa shape index (κ2) is 6.92. The number of hydrogen-bond donors (Lipinski definition) is 2. The van der Waals surface area contributed by atoms with Gasteiger partial charge in [-0.25, -0.2) is 4.79 Å². The van der Waals surface area contributed by atoms with Crippen LogP contribution in [0.25, 0.3) is 0 Å². The average Bonchev–Trinajstić information content (AvgIpc) is 2.84. The van der Waals surface area contributed by atoms with E-state index in [0.29, 0.717) is 5.88 Å². The summed E-state index contributed by atoms with van der Waals surface area (Å²) in [7, 11) is 0. The lowest BCUT2D eigenvalue weighted by molar-refractivity contribution is -0.138. The molecule has 0 saturated carbocycles. The minimum Gasteiger partial charge on any atom is -0.410 e. The van der Waals surface area contributed by atoms with Crippen LogP contribution in [0.1, 0.15) is 35.8 Å².